The van der Waals surface area contributed by atoms with Crippen LogP contribution in [0.25, 0.3) is 0 Å². The smallest absolute Gasteiger partial charge is 0.260 e. The number of methoxy groups -OCH3 is 1. The maximum absolute atomic E-state index is 12.7. The van der Waals surface area contributed by atoms with Gasteiger partial charge in [-0.05, 0) is 42.3 Å². The first-order valence-electron chi connectivity index (χ1n) is 8.58. The Balaban J connectivity index is 1.50. The Morgan fingerprint density at radius 1 is 1.19 bits per heavy atom. The van der Waals surface area contributed by atoms with Crippen LogP contribution in [0.3, 0.4) is 0 Å². The molecule has 2 aromatic rings. The van der Waals surface area contributed by atoms with Crippen LogP contribution in [0.15, 0.2) is 48.5 Å². The fourth-order valence-electron chi connectivity index (χ4n) is 3.70. The van der Waals surface area contributed by atoms with Crippen molar-refractivity contribution in [3.8, 4) is 11.5 Å². The molecular formula is C20H20N2O4. The van der Waals surface area contributed by atoms with Crippen molar-refractivity contribution in [1.82, 2.24) is 4.90 Å². The van der Waals surface area contributed by atoms with Gasteiger partial charge in [0.15, 0.2) is 6.61 Å². The summed E-state index contributed by atoms with van der Waals surface area (Å²) in [7, 11) is 1.60. The Hall–Kier alpha value is -3.02. The molecule has 1 N–H and O–H groups in total. The SMILES string of the molecule is COc1ccc2c(c1)[C@@]1(CCN(C(=O)COc3ccccc3)C1)C(=O)N2. The Labute approximate surface area is 151 Å². The number of fused-ring (bicyclic) bond motifs is 2. The Bertz CT molecular complexity index is 852. The average Bonchev–Trinajstić information content (AvgIpc) is 3.24. The molecule has 1 spiro atoms. The maximum Gasteiger partial charge on any atom is 0.260 e. The lowest BCUT2D eigenvalue weighted by molar-refractivity contribution is -0.132. The summed E-state index contributed by atoms with van der Waals surface area (Å²) in [5.41, 5.74) is 0.999. The van der Waals surface area contributed by atoms with E-state index in [1.165, 1.54) is 0 Å². The third-order valence-corrected chi connectivity index (χ3v) is 5.15. The number of ether oxygens (including phenoxy) is 2. The zero-order valence-electron chi connectivity index (χ0n) is 14.5. The molecule has 134 valence electrons. The number of rotatable bonds is 4. The molecule has 0 bridgehead atoms. The zero-order chi connectivity index (χ0) is 18.1. The summed E-state index contributed by atoms with van der Waals surface area (Å²) in [6.45, 7) is 0.851. The molecular weight excluding hydrogens is 332 g/mol. The van der Waals surface area contributed by atoms with Gasteiger partial charge in [0.25, 0.3) is 5.91 Å². The molecule has 0 unspecified atom stereocenters. The summed E-state index contributed by atoms with van der Waals surface area (Å²) in [6, 6.07) is 14.8. The van der Waals surface area contributed by atoms with Crippen molar-refractivity contribution in [1.29, 1.82) is 0 Å². The molecule has 2 heterocycles. The molecule has 2 aliphatic heterocycles. The van der Waals surface area contributed by atoms with E-state index in [1.807, 2.05) is 48.5 Å². The van der Waals surface area contributed by atoms with Crippen molar-refractivity contribution in [2.75, 3.05) is 32.1 Å². The minimum Gasteiger partial charge on any atom is -0.497 e. The molecule has 0 saturated carbocycles. The van der Waals surface area contributed by atoms with Gasteiger partial charge in [0.2, 0.25) is 5.91 Å². The number of hydrogen-bond acceptors (Lipinski definition) is 4. The molecule has 1 fully saturated rings. The largest absolute Gasteiger partial charge is 0.497 e. The highest BCUT2D eigenvalue weighted by molar-refractivity contribution is 6.07. The van der Waals surface area contributed by atoms with Gasteiger partial charge in [-0.1, -0.05) is 18.2 Å². The number of carbonyl (C=O) groups excluding carboxylic acids is 2. The fourth-order valence-corrected chi connectivity index (χ4v) is 3.70. The van der Waals surface area contributed by atoms with Crippen molar-refractivity contribution in [3.63, 3.8) is 0 Å². The van der Waals surface area contributed by atoms with Gasteiger partial charge in [0.05, 0.1) is 12.5 Å². The lowest BCUT2D eigenvalue weighted by Crippen LogP contribution is -2.40. The number of amides is 2. The average molecular weight is 352 g/mol. The lowest BCUT2D eigenvalue weighted by atomic mass is 9.81. The Kier molecular flexibility index (Phi) is 4.03. The topological polar surface area (TPSA) is 67.9 Å². The molecule has 6 nitrogen and oxygen atoms in total. The van der Waals surface area contributed by atoms with Crippen molar-refractivity contribution in [2.45, 2.75) is 11.8 Å². The summed E-state index contributed by atoms with van der Waals surface area (Å²) < 4.78 is 10.9. The second kappa shape index (κ2) is 6.37. The van der Waals surface area contributed by atoms with Gasteiger partial charge in [0.1, 0.15) is 11.5 Å². The predicted molar refractivity (Wildman–Crippen MR) is 96.4 cm³/mol. The molecule has 4 rings (SSSR count). The molecule has 1 atom stereocenters. The van der Waals surface area contributed by atoms with Gasteiger partial charge in [-0.25, -0.2) is 0 Å². The first kappa shape index (κ1) is 16.4. The highest BCUT2D eigenvalue weighted by atomic mass is 16.5. The first-order chi connectivity index (χ1) is 12.6. The molecule has 26 heavy (non-hydrogen) atoms. The summed E-state index contributed by atoms with van der Waals surface area (Å²) in [4.78, 5) is 26.9. The van der Waals surface area contributed by atoms with E-state index in [-0.39, 0.29) is 18.4 Å². The van der Waals surface area contributed by atoms with Crippen LogP contribution in [0.4, 0.5) is 5.69 Å². The van der Waals surface area contributed by atoms with Crippen LogP contribution >= 0.6 is 0 Å². The van der Waals surface area contributed by atoms with Gasteiger partial charge < -0.3 is 19.7 Å². The van der Waals surface area contributed by atoms with Crippen molar-refractivity contribution in [3.05, 3.63) is 54.1 Å². The normalized spacial score (nSPS) is 20.8. The number of benzene rings is 2. The molecule has 2 amide bonds. The lowest BCUT2D eigenvalue weighted by Gasteiger charge is -2.23. The van der Waals surface area contributed by atoms with Crippen LogP contribution in [0, 0.1) is 0 Å². The standard InChI is InChI=1S/C20H20N2O4/c1-25-15-7-8-17-16(11-15)20(19(24)21-17)9-10-22(13-20)18(23)12-26-14-5-3-2-4-6-14/h2-8,11H,9-10,12-13H2,1H3,(H,21,24)/t20-/m0/s1. The minimum absolute atomic E-state index is 0.0350. The maximum atomic E-state index is 12.7. The van der Waals surface area contributed by atoms with E-state index >= 15 is 0 Å². The molecule has 1 saturated heterocycles. The number of hydrogen-bond donors (Lipinski definition) is 1. The fraction of sp³-hybridized carbons (Fsp3) is 0.300. The minimum atomic E-state index is -0.702. The van der Waals surface area contributed by atoms with E-state index < -0.39 is 5.41 Å². The molecule has 6 heteroatoms. The van der Waals surface area contributed by atoms with E-state index in [2.05, 4.69) is 5.32 Å². The van der Waals surface area contributed by atoms with Crippen molar-refractivity contribution in [2.24, 2.45) is 0 Å². The Morgan fingerprint density at radius 3 is 2.77 bits per heavy atom. The highest BCUT2D eigenvalue weighted by Gasteiger charge is 2.52. The monoisotopic (exact) mass is 352 g/mol. The second-order valence-electron chi connectivity index (χ2n) is 6.61. The quantitative estimate of drug-likeness (QED) is 0.916. The second-order valence-corrected chi connectivity index (χ2v) is 6.61. The number of nitrogens with zero attached hydrogens (tertiary/aromatic N) is 1. The summed E-state index contributed by atoms with van der Waals surface area (Å²) in [6.07, 6.45) is 0.593. The summed E-state index contributed by atoms with van der Waals surface area (Å²) >= 11 is 0. The van der Waals surface area contributed by atoms with Gasteiger partial charge in [-0.2, -0.15) is 0 Å². The van der Waals surface area contributed by atoms with E-state index in [9.17, 15) is 9.59 Å². The van der Waals surface area contributed by atoms with Crippen LogP contribution in [0.1, 0.15) is 12.0 Å². The third-order valence-electron chi connectivity index (χ3n) is 5.15. The number of anilines is 1. The first-order valence-corrected chi connectivity index (χ1v) is 8.58. The summed E-state index contributed by atoms with van der Waals surface area (Å²) in [5, 5.41) is 2.94. The Morgan fingerprint density at radius 2 is 2.00 bits per heavy atom. The van der Waals surface area contributed by atoms with Gasteiger partial charge in [-0.15, -0.1) is 0 Å². The van der Waals surface area contributed by atoms with Gasteiger partial charge >= 0.3 is 0 Å². The molecule has 0 aromatic heterocycles. The number of likely N-dealkylation sites (tertiary alicyclic amines) is 1. The molecule has 0 radical (unpaired) electrons. The molecule has 0 aliphatic carbocycles. The van der Waals surface area contributed by atoms with Crippen LogP contribution in [0.5, 0.6) is 11.5 Å². The van der Waals surface area contributed by atoms with E-state index in [4.69, 9.17) is 9.47 Å². The third kappa shape index (κ3) is 2.67. The van der Waals surface area contributed by atoms with Crippen LogP contribution in [-0.2, 0) is 15.0 Å². The van der Waals surface area contributed by atoms with Crippen LogP contribution in [-0.4, -0.2) is 43.5 Å². The van der Waals surface area contributed by atoms with E-state index in [1.54, 1.807) is 12.0 Å². The summed E-state index contributed by atoms with van der Waals surface area (Å²) in [5.74, 6) is 1.19. The van der Waals surface area contributed by atoms with Crippen LogP contribution in [0.2, 0.25) is 0 Å². The number of para-hydroxylation sites is 1. The molecule has 2 aromatic carbocycles. The van der Waals surface area contributed by atoms with Gasteiger partial charge in [-0.3, -0.25) is 9.59 Å². The van der Waals surface area contributed by atoms with E-state index in [0.29, 0.717) is 31.0 Å². The van der Waals surface area contributed by atoms with Crippen LogP contribution < -0.4 is 14.8 Å². The van der Waals surface area contributed by atoms with Crippen molar-refractivity contribution < 1.29 is 19.1 Å². The van der Waals surface area contributed by atoms with Crippen molar-refractivity contribution >= 4 is 17.5 Å². The molecule has 2 aliphatic rings. The predicted octanol–water partition coefficient (Wildman–Crippen LogP) is 2.20. The number of carbonyl (C=O) groups is 2. The van der Waals surface area contributed by atoms with Gasteiger partial charge in [0, 0.05) is 18.8 Å². The highest BCUT2D eigenvalue weighted by Crippen LogP contribution is 2.45. The zero-order valence-corrected chi connectivity index (χ0v) is 14.5. The number of nitrogens with one attached hydrogen (secondary N) is 1. The van der Waals surface area contributed by atoms with E-state index in [0.717, 1.165) is 11.3 Å².